The summed E-state index contributed by atoms with van der Waals surface area (Å²) in [6.45, 7) is 0.484. The molecule has 0 radical (unpaired) electrons. The van der Waals surface area contributed by atoms with Crippen molar-refractivity contribution in [2.75, 3.05) is 5.32 Å². The van der Waals surface area contributed by atoms with Crippen molar-refractivity contribution >= 4 is 44.8 Å². The lowest BCUT2D eigenvalue weighted by atomic mass is 10.2. The molecule has 0 saturated heterocycles. The van der Waals surface area contributed by atoms with Gasteiger partial charge in [0.15, 0.2) is 5.15 Å². The van der Waals surface area contributed by atoms with Crippen LogP contribution in [0.5, 0.6) is 0 Å². The average Bonchev–Trinajstić information content (AvgIpc) is 2.34. The highest BCUT2D eigenvalue weighted by molar-refractivity contribution is 9.10. The molecular formula is C12H8BrCl2FN2. The van der Waals surface area contributed by atoms with Gasteiger partial charge in [-0.1, -0.05) is 29.3 Å². The Morgan fingerprint density at radius 2 is 2.06 bits per heavy atom. The molecule has 1 N–H and O–H groups in total. The predicted molar refractivity (Wildman–Crippen MR) is 75.7 cm³/mol. The van der Waals surface area contributed by atoms with E-state index in [-0.39, 0.29) is 5.02 Å². The molecule has 1 aromatic carbocycles. The van der Waals surface area contributed by atoms with Crippen LogP contribution in [0.15, 0.2) is 34.9 Å². The van der Waals surface area contributed by atoms with Crippen LogP contribution in [0.4, 0.5) is 10.1 Å². The number of pyridine rings is 1. The third-order valence-corrected chi connectivity index (χ3v) is 3.30. The summed E-state index contributed by atoms with van der Waals surface area (Å²) in [5.41, 5.74) is 1.56. The Morgan fingerprint density at radius 3 is 2.78 bits per heavy atom. The summed E-state index contributed by atoms with van der Waals surface area (Å²) in [6, 6.07) is 6.39. The molecule has 0 saturated carbocycles. The molecule has 0 fully saturated rings. The number of halogens is 4. The minimum Gasteiger partial charge on any atom is -0.378 e. The molecule has 18 heavy (non-hydrogen) atoms. The maximum absolute atomic E-state index is 13.0. The lowest BCUT2D eigenvalue weighted by Crippen LogP contribution is -2.01. The molecule has 0 unspecified atom stereocenters. The standard InChI is InChI=1S/C12H8BrCl2FN2/c13-8-4-11(12(15)18-6-8)17-5-7-1-2-10(16)9(14)3-7/h1-4,6,17H,5H2. The number of anilines is 1. The number of nitrogens with zero attached hydrogens (tertiary/aromatic N) is 1. The van der Waals surface area contributed by atoms with Gasteiger partial charge in [0, 0.05) is 17.2 Å². The van der Waals surface area contributed by atoms with Crippen LogP contribution < -0.4 is 5.32 Å². The molecule has 0 aliphatic carbocycles. The first-order valence-corrected chi connectivity index (χ1v) is 6.60. The number of rotatable bonds is 3. The van der Waals surface area contributed by atoms with E-state index in [1.54, 1.807) is 18.3 Å². The maximum atomic E-state index is 13.0. The van der Waals surface area contributed by atoms with Gasteiger partial charge in [-0.25, -0.2) is 9.37 Å². The molecule has 1 heterocycles. The first-order valence-electron chi connectivity index (χ1n) is 5.05. The van der Waals surface area contributed by atoms with Gasteiger partial charge < -0.3 is 5.32 Å². The van der Waals surface area contributed by atoms with Crippen LogP contribution in [0, 0.1) is 5.82 Å². The number of benzene rings is 1. The number of aromatic nitrogens is 1. The van der Waals surface area contributed by atoms with Crippen molar-refractivity contribution in [2.24, 2.45) is 0 Å². The monoisotopic (exact) mass is 348 g/mol. The second-order valence-corrected chi connectivity index (χ2v) is 5.27. The number of nitrogens with one attached hydrogen (secondary N) is 1. The molecule has 1 aromatic heterocycles. The van der Waals surface area contributed by atoms with Gasteiger partial charge in [0.1, 0.15) is 5.82 Å². The molecule has 6 heteroatoms. The third kappa shape index (κ3) is 3.34. The SMILES string of the molecule is Fc1ccc(CNc2cc(Br)cnc2Cl)cc1Cl. The fraction of sp³-hybridized carbons (Fsp3) is 0.0833. The molecule has 0 aliphatic rings. The Kier molecular flexibility index (Phi) is 4.43. The molecule has 0 atom stereocenters. The van der Waals surface area contributed by atoms with Gasteiger partial charge in [-0.05, 0) is 39.7 Å². The van der Waals surface area contributed by atoms with E-state index in [1.807, 2.05) is 6.07 Å². The van der Waals surface area contributed by atoms with E-state index >= 15 is 0 Å². The number of hydrogen-bond acceptors (Lipinski definition) is 2. The Balaban J connectivity index is 2.11. The van der Waals surface area contributed by atoms with Crippen molar-refractivity contribution in [3.8, 4) is 0 Å². The van der Waals surface area contributed by atoms with Crippen molar-refractivity contribution in [1.82, 2.24) is 4.98 Å². The highest BCUT2D eigenvalue weighted by Crippen LogP contribution is 2.24. The zero-order valence-electron chi connectivity index (χ0n) is 9.05. The van der Waals surface area contributed by atoms with Crippen LogP contribution in [0.3, 0.4) is 0 Å². The molecule has 0 spiro atoms. The first-order chi connectivity index (χ1) is 8.56. The summed E-state index contributed by atoms with van der Waals surface area (Å²) in [5, 5.41) is 3.60. The van der Waals surface area contributed by atoms with E-state index in [9.17, 15) is 4.39 Å². The van der Waals surface area contributed by atoms with Gasteiger partial charge >= 0.3 is 0 Å². The van der Waals surface area contributed by atoms with Crippen LogP contribution in [0.25, 0.3) is 0 Å². The smallest absolute Gasteiger partial charge is 0.152 e. The normalized spacial score (nSPS) is 10.4. The van der Waals surface area contributed by atoms with Crippen LogP contribution >= 0.6 is 39.1 Å². The lowest BCUT2D eigenvalue weighted by Gasteiger charge is -2.08. The molecule has 2 nitrogen and oxygen atoms in total. The van der Waals surface area contributed by atoms with Crippen molar-refractivity contribution < 1.29 is 4.39 Å². The van der Waals surface area contributed by atoms with E-state index < -0.39 is 5.82 Å². The van der Waals surface area contributed by atoms with Crippen molar-refractivity contribution in [1.29, 1.82) is 0 Å². The fourth-order valence-electron chi connectivity index (χ4n) is 1.39. The quantitative estimate of drug-likeness (QED) is 0.797. The Morgan fingerprint density at radius 1 is 1.28 bits per heavy atom. The van der Waals surface area contributed by atoms with E-state index in [1.165, 1.54) is 6.07 Å². The molecule has 0 bridgehead atoms. The predicted octanol–water partition coefficient (Wildman–Crippen LogP) is 4.90. The minimum absolute atomic E-state index is 0.104. The molecular weight excluding hydrogens is 342 g/mol. The molecule has 0 amide bonds. The van der Waals surface area contributed by atoms with Crippen LogP contribution in [0.1, 0.15) is 5.56 Å². The summed E-state index contributed by atoms with van der Waals surface area (Å²) >= 11 is 15.0. The molecule has 2 aromatic rings. The van der Waals surface area contributed by atoms with Crippen molar-refractivity contribution in [3.63, 3.8) is 0 Å². The molecule has 94 valence electrons. The summed E-state index contributed by atoms with van der Waals surface area (Å²) in [7, 11) is 0. The largest absolute Gasteiger partial charge is 0.378 e. The van der Waals surface area contributed by atoms with Crippen molar-refractivity contribution in [2.45, 2.75) is 6.54 Å². The minimum atomic E-state index is -0.428. The van der Waals surface area contributed by atoms with E-state index in [0.29, 0.717) is 17.4 Å². The van der Waals surface area contributed by atoms with E-state index in [2.05, 4.69) is 26.2 Å². The summed E-state index contributed by atoms with van der Waals surface area (Å²) in [5.74, 6) is -0.428. The van der Waals surface area contributed by atoms with Gasteiger partial charge in [0.25, 0.3) is 0 Å². The van der Waals surface area contributed by atoms with E-state index in [4.69, 9.17) is 23.2 Å². The Hall–Kier alpha value is -0.840. The third-order valence-electron chi connectivity index (χ3n) is 2.27. The summed E-state index contributed by atoms with van der Waals surface area (Å²) in [6.07, 6.45) is 1.61. The first kappa shape index (κ1) is 13.6. The van der Waals surface area contributed by atoms with Crippen molar-refractivity contribution in [3.05, 3.63) is 56.5 Å². The maximum Gasteiger partial charge on any atom is 0.152 e. The zero-order valence-corrected chi connectivity index (χ0v) is 12.2. The fourth-order valence-corrected chi connectivity index (χ4v) is 2.10. The second-order valence-electron chi connectivity index (χ2n) is 3.59. The van der Waals surface area contributed by atoms with Gasteiger partial charge in [-0.15, -0.1) is 0 Å². The van der Waals surface area contributed by atoms with Crippen LogP contribution in [-0.2, 0) is 6.54 Å². The Bertz CT molecular complexity index is 578. The highest BCUT2D eigenvalue weighted by atomic mass is 79.9. The topological polar surface area (TPSA) is 24.9 Å². The van der Waals surface area contributed by atoms with Gasteiger partial charge in [0.05, 0.1) is 10.7 Å². The highest BCUT2D eigenvalue weighted by Gasteiger charge is 2.04. The molecule has 2 rings (SSSR count). The zero-order chi connectivity index (χ0) is 13.1. The summed E-state index contributed by atoms with van der Waals surface area (Å²) < 4.78 is 13.8. The summed E-state index contributed by atoms with van der Waals surface area (Å²) in [4.78, 5) is 3.99. The average molecular weight is 350 g/mol. The van der Waals surface area contributed by atoms with E-state index in [0.717, 1.165) is 10.0 Å². The van der Waals surface area contributed by atoms with Gasteiger partial charge in [-0.3, -0.25) is 0 Å². The van der Waals surface area contributed by atoms with Crippen LogP contribution in [-0.4, -0.2) is 4.98 Å². The van der Waals surface area contributed by atoms with Gasteiger partial charge in [-0.2, -0.15) is 0 Å². The lowest BCUT2D eigenvalue weighted by molar-refractivity contribution is 0.627. The Labute approximate surface area is 122 Å². The van der Waals surface area contributed by atoms with Gasteiger partial charge in [0.2, 0.25) is 0 Å². The molecule has 0 aliphatic heterocycles. The van der Waals surface area contributed by atoms with Crippen LogP contribution in [0.2, 0.25) is 10.2 Å². The second kappa shape index (κ2) is 5.87. The number of hydrogen-bond donors (Lipinski definition) is 1.